The van der Waals surface area contributed by atoms with E-state index in [1.165, 1.54) is 0 Å². The van der Waals surface area contributed by atoms with Gasteiger partial charge < -0.3 is 24.2 Å². The number of carboxylic acids is 2. The van der Waals surface area contributed by atoms with E-state index in [4.69, 9.17) is 33.8 Å². The van der Waals surface area contributed by atoms with Crippen LogP contribution in [0.5, 0.6) is 11.5 Å². The molecule has 1 aromatic carbocycles. The van der Waals surface area contributed by atoms with Crippen LogP contribution in [0.1, 0.15) is 23.8 Å². The molecule has 2 N–H and O–H groups in total. The number of halogens is 6. The fourth-order valence-corrected chi connectivity index (χ4v) is 3.41. The molecular formula is C24H24F6N4O7. The van der Waals surface area contributed by atoms with E-state index in [1.54, 1.807) is 26.6 Å². The van der Waals surface area contributed by atoms with Crippen LogP contribution in [0, 0.1) is 0 Å². The van der Waals surface area contributed by atoms with Crippen molar-refractivity contribution in [3.8, 4) is 22.9 Å². The molecule has 2 aromatic heterocycles. The zero-order valence-corrected chi connectivity index (χ0v) is 21.4. The number of rotatable bonds is 6. The van der Waals surface area contributed by atoms with Gasteiger partial charge >= 0.3 is 24.3 Å². The molecule has 0 radical (unpaired) electrons. The van der Waals surface area contributed by atoms with Crippen LogP contribution in [0.2, 0.25) is 0 Å². The van der Waals surface area contributed by atoms with Crippen molar-refractivity contribution in [2.24, 2.45) is 0 Å². The van der Waals surface area contributed by atoms with Gasteiger partial charge in [-0.15, -0.1) is 0 Å². The van der Waals surface area contributed by atoms with Gasteiger partial charge in [-0.05, 0) is 42.8 Å². The van der Waals surface area contributed by atoms with Gasteiger partial charge in [0.1, 0.15) is 11.5 Å². The Bertz CT molecular complexity index is 1240. The molecule has 17 heteroatoms. The van der Waals surface area contributed by atoms with Crippen molar-refractivity contribution in [2.75, 3.05) is 27.3 Å². The number of alkyl halides is 6. The second kappa shape index (κ2) is 14.3. The van der Waals surface area contributed by atoms with Gasteiger partial charge in [-0.1, -0.05) is 5.16 Å². The summed E-state index contributed by atoms with van der Waals surface area (Å²) in [4.78, 5) is 28.8. The van der Waals surface area contributed by atoms with E-state index in [2.05, 4.69) is 20.0 Å². The average molecular weight is 594 g/mol. The molecule has 41 heavy (non-hydrogen) atoms. The van der Waals surface area contributed by atoms with Crippen molar-refractivity contribution in [2.45, 2.75) is 31.2 Å². The van der Waals surface area contributed by atoms with E-state index in [0.29, 0.717) is 11.7 Å². The first-order valence-electron chi connectivity index (χ1n) is 11.4. The number of carbonyl (C=O) groups is 2. The Kier molecular flexibility index (Phi) is 11.4. The molecule has 1 atom stereocenters. The Morgan fingerprint density at radius 3 is 1.95 bits per heavy atom. The summed E-state index contributed by atoms with van der Waals surface area (Å²) in [6.45, 7) is 2.70. The molecule has 3 heterocycles. The third-order valence-corrected chi connectivity index (χ3v) is 5.30. The van der Waals surface area contributed by atoms with E-state index in [9.17, 15) is 26.3 Å². The van der Waals surface area contributed by atoms with E-state index >= 15 is 0 Å². The maximum atomic E-state index is 10.6. The zero-order chi connectivity index (χ0) is 30.8. The number of carboxylic acid groups (broad SMARTS) is 2. The van der Waals surface area contributed by atoms with Crippen LogP contribution in [0.4, 0.5) is 26.3 Å². The van der Waals surface area contributed by atoms with Gasteiger partial charge in [-0.25, -0.2) is 9.59 Å². The van der Waals surface area contributed by atoms with E-state index in [1.807, 2.05) is 30.3 Å². The lowest BCUT2D eigenvalue weighted by Gasteiger charge is -2.16. The van der Waals surface area contributed by atoms with Gasteiger partial charge in [0.2, 0.25) is 11.7 Å². The molecule has 0 amide bonds. The quantitative estimate of drug-likeness (QED) is 0.391. The minimum atomic E-state index is -5.08. The number of pyridine rings is 1. The van der Waals surface area contributed by atoms with Gasteiger partial charge in [-0.2, -0.15) is 31.3 Å². The molecule has 1 aliphatic rings. The maximum absolute atomic E-state index is 10.6. The van der Waals surface area contributed by atoms with Crippen LogP contribution in [-0.4, -0.2) is 81.8 Å². The van der Waals surface area contributed by atoms with Crippen molar-refractivity contribution < 1.29 is 60.1 Å². The Balaban J connectivity index is 0.000000349. The van der Waals surface area contributed by atoms with Crippen molar-refractivity contribution >= 4 is 11.9 Å². The topological polar surface area (TPSA) is 148 Å². The van der Waals surface area contributed by atoms with Crippen LogP contribution in [-0.2, 0) is 16.1 Å². The monoisotopic (exact) mass is 594 g/mol. The van der Waals surface area contributed by atoms with Crippen molar-refractivity contribution in [3.05, 3.63) is 54.2 Å². The average Bonchev–Trinajstić information content (AvgIpc) is 3.58. The number of nitrogens with zero attached hydrogens (tertiary/aromatic N) is 4. The van der Waals surface area contributed by atoms with Gasteiger partial charge in [0, 0.05) is 37.1 Å². The first kappa shape index (κ1) is 32.8. The molecule has 4 rings (SSSR count). The molecule has 1 unspecified atom stereocenters. The lowest BCUT2D eigenvalue weighted by Crippen LogP contribution is -2.21. The van der Waals surface area contributed by atoms with Crippen LogP contribution in [0.3, 0.4) is 0 Å². The molecule has 11 nitrogen and oxygen atoms in total. The second-order valence-electron chi connectivity index (χ2n) is 8.24. The summed E-state index contributed by atoms with van der Waals surface area (Å²) < 4.78 is 79.7. The Hall–Kier alpha value is -4.41. The summed E-state index contributed by atoms with van der Waals surface area (Å²) in [5.74, 6) is -2.34. The number of hydrogen-bond donors (Lipinski definition) is 2. The highest BCUT2D eigenvalue weighted by atomic mass is 19.4. The summed E-state index contributed by atoms with van der Waals surface area (Å²) in [5, 5.41) is 18.4. The standard InChI is InChI=1S/C20H22N4O3.2C2HF3O2/c1-25-17-9-14(10-18(11-17)26-2)12-24-8-5-16(13-24)20-22-19(23-27-20)15-3-6-21-7-4-15;2*3-2(4,5)1(6)7/h3-4,6-7,9-11,16H,5,8,12-13H2,1-2H3;2*(H,6,7). The van der Waals surface area contributed by atoms with Crippen LogP contribution < -0.4 is 9.47 Å². The van der Waals surface area contributed by atoms with E-state index in [-0.39, 0.29) is 5.92 Å². The highest BCUT2D eigenvalue weighted by Gasteiger charge is 2.39. The minimum Gasteiger partial charge on any atom is -0.497 e. The number of likely N-dealkylation sites (tertiary alicyclic amines) is 1. The Labute approximate surface area is 228 Å². The summed E-state index contributed by atoms with van der Waals surface area (Å²) in [6, 6.07) is 9.74. The van der Waals surface area contributed by atoms with Crippen LogP contribution in [0.25, 0.3) is 11.4 Å². The predicted octanol–water partition coefficient (Wildman–Crippen LogP) is 4.40. The molecule has 0 saturated carbocycles. The number of methoxy groups -OCH3 is 2. The van der Waals surface area contributed by atoms with Gasteiger partial charge in [0.05, 0.1) is 20.1 Å². The Morgan fingerprint density at radius 1 is 0.976 bits per heavy atom. The van der Waals surface area contributed by atoms with E-state index in [0.717, 1.165) is 48.7 Å². The highest BCUT2D eigenvalue weighted by Crippen LogP contribution is 2.30. The Morgan fingerprint density at radius 2 is 1.49 bits per heavy atom. The summed E-state index contributed by atoms with van der Waals surface area (Å²) in [6.07, 6.45) is -5.71. The SMILES string of the molecule is COc1cc(CN2CCC(c3nc(-c4ccncc4)no3)C2)cc(OC)c1.O=C(O)C(F)(F)F.O=C(O)C(F)(F)F. The molecule has 1 fully saturated rings. The molecule has 0 aliphatic carbocycles. The zero-order valence-electron chi connectivity index (χ0n) is 21.4. The molecular weight excluding hydrogens is 570 g/mol. The number of benzene rings is 1. The number of aromatic nitrogens is 3. The lowest BCUT2D eigenvalue weighted by molar-refractivity contribution is -0.193. The van der Waals surface area contributed by atoms with Crippen molar-refractivity contribution in [1.29, 1.82) is 0 Å². The third-order valence-electron chi connectivity index (χ3n) is 5.30. The summed E-state index contributed by atoms with van der Waals surface area (Å²) in [5.41, 5.74) is 2.08. The maximum Gasteiger partial charge on any atom is 0.490 e. The van der Waals surface area contributed by atoms with Crippen molar-refractivity contribution in [1.82, 2.24) is 20.0 Å². The molecule has 0 spiro atoms. The van der Waals surface area contributed by atoms with Crippen molar-refractivity contribution in [3.63, 3.8) is 0 Å². The van der Waals surface area contributed by atoms with Crippen LogP contribution in [0.15, 0.2) is 47.2 Å². The van der Waals surface area contributed by atoms with Gasteiger partial charge in [0.15, 0.2) is 0 Å². The fourth-order valence-electron chi connectivity index (χ4n) is 3.41. The second-order valence-corrected chi connectivity index (χ2v) is 8.24. The number of ether oxygens (including phenoxy) is 2. The van der Waals surface area contributed by atoms with E-state index < -0.39 is 24.3 Å². The summed E-state index contributed by atoms with van der Waals surface area (Å²) in [7, 11) is 3.33. The minimum absolute atomic E-state index is 0.251. The van der Waals surface area contributed by atoms with Crippen LogP contribution >= 0.6 is 0 Å². The van der Waals surface area contributed by atoms with Gasteiger partial charge in [0.25, 0.3) is 0 Å². The predicted molar refractivity (Wildman–Crippen MR) is 127 cm³/mol. The number of hydrogen-bond acceptors (Lipinski definition) is 9. The summed E-state index contributed by atoms with van der Waals surface area (Å²) >= 11 is 0. The van der Waals surface area contributed by atoms with Gasteiger partial charge in [-0.3, -0.25) is 9.88 Å². The molecule has 0 bridgehead atoms. The lowest BCUT2D eigenvalue weighted by atomic mass is 10.1. The molecule has 1 aliphatic heterocycles. The number of aliphatic carboxylic acids is 2. The first-order valence-corrected chi connectivity index (χ1v) is 11.4. The first-order chi connectivity index (χ1) is 19.1. The molecule has 224 valence electrons. The highest BCUT2D eigenvalue weighted by molar-refractivity contribution is 5.73. The smallest absolute Gasteiger partial charge is 0.490 e. The molecule has 3 aromatic rings. The fraction of sp³-hybridized carbons (Fsp3) is 0.375. The normalized spacial score (nSPS) is 15.2. The molecule has 1 saturated heterocycles. The largest absolute Gasteiger partial charge is 0.497 e. The third kappa shape index (κ3) is 10.6.